The Balaban J connectivity index is 2.03. The second-order valence-corrected chi connectivity index (χ2v) is 4.96. The summed E-state index contributed by atoms with van der Waals surface area (Å²) in [4.78, 5) is 23.4. The number of alkyl halides is 2. The predicted octanol–water partition coefficient (Wildman–Crippen LogP) is 2.71. The first-order valence-corrected chi connectivity index (χ1v) is 7.08. The molecule has 0 saturated heterocycles. The van der Waals surface area contributed by atoms with Crippen molar-refractivity contribution in [2.45, 2.75) is 19.1 Å². The summed E-state index contributed by atoms with van der Waals surface area (Å²) in [6, 6.07) is 12.7. The van der Waals surface area contributed by atoms with Gasteiger partial charge < -0.3 is 15.2 Å². The van der Waals surface area contributed by atoms with Gasteiger partial charge in [-0.3, -0.25) is 4.79 Å². The highest BCUT2D eigenvalue weighted by Crippen LogP contribution is 2.16. The molecule has 2 aromatic rings. The van der Waals surface area contributed by atoms with E-state index in [-0.39, 0.29) is 12.2 Å². The topological polar surface area (TPSA) is 75.6 Å². The zero-order chi connectivity index (χ0) is 17.5. The van der Waals surface area contributed by atoms with Crippen LogP contribution in [0.1, 0.15) is 15.9 Å². The van der Waals surface area contributed by atoms with Crippen LogP contribution in [0.3, 0.4) is 0 Å². The fraction of sp³-hybridized carbons (Fsp3) is 0.176. The number of carbonyl (C=O) groups is 2. The van der Waals surface area contributed by atoms with Crippen LogP contribution in [0.15, 0.2) is 54.6 Å². The molecule has 2 aromatic carbocycles. The summed E-state index contributed by atoms with van der Waals surface area (Å²) in [5.74, 6) is -1.71. The van der Waals surface area contributed by atoms with E-state index in [2.05, 4.69) is 10.1 Å². The van der Waals surface area contributed by atoms with Crippen molar-refractivity contribution in [3.05, 3.63) is 65.7 Å². The molecule has 24 heavy (non-hydrogen) atoms. The molecule has 0 fully saturated rings. The minimum Gasteiger partial charge on any atom is -0.480 e. The smallest absolute Gasteiger partial charge is 0.387 e. The molecule has 0 saturated carbocycles. The average molecular weight is 335 g/mol. The van der Waals surface area contributed by atoms with Crippen LogP contribution in [0.4, 0.5) is 8.78 Å². The predicted molar refractivity (Wildman–Crippen MR) is 82.1 cm³/mol. The van der Waals surface area contributed by atoms with Gasteiger partial charge in [0.05, 0.1) is 0 Å². The van der Waals surface area contributed by atoms with Gasteiger partial charge in [-0.2, -0.15) is 8.78 Å². The summed E-state index contributed by atoms with van der Waals surface area (Å²) in [5.41, 5.74) is 0.918. The van der Waals surface area contributed by atoms with Gasteiger partial charge >= 0.3 is 12.6 Å². The van der Waals surface area contributed by atoms with E-state index in [1.165, 1.54) is 24.3 Å². The summed E-state index contributed by atoms with van der Waals surface area (Å²) in [7, 11) is 0. The van der Waals surface area contributed by atoms with Gasteiger partial charge in [-0.1, -0.05) is 30.3 Å². The summed E-state index contributed by atoms with van der Waals surface area (Å²) < 4.78 is 28.4. The molecule has 126 valence electrons. The molecule has 0 radical (unpaired) electrons. The molecule has 0 bridgehead atoms. The number of hydrogen-bond acceptors (Lipinski definition) is 3. The van der Waals surface area contributed by atoms with Crippen molar-refractivity contribution in [3.63, 3.8) is 0 Å². The standard InChI is InChI=1S/C17H15F2NO4/c18-17(19)24-13-8-6-11(7-9-13)10-14(16(22)23)20-15(21)12-4-2-1-3-5-12/h1-9,14,17H,10H2,(H,20,21)(H,22,23)/t14-/m0/s1. The number of amides is 1. The number of hydrogen-bond donors (Lipinski definition) is 2. The van der Waals surface area contributed by atoms with Crippen LogP contribution in [-0.4, -0.2) is 29.6 Å². The molecule has 0 aliphatic heterocycles. The van der Waals surface area contributed by atoms with Gasteiger partial charge in [-0.15, -0.1) is 0 Å². The zero-order valence-corrected chi connectivity index (χ0v) is 12.5. The number of aliphatic carboxylic acids is 1. The summed E-state index contributed by atoms with van der Waals surface area (Å²) >= 11 is 0. The lowest BCUT2D eigenvalue weighted by Crippen LogP contribution is -2.42. The third kappa shape index (κ3) is 5.05. The van der Waals surface area contributed by atoms with E-state index >= 15 is 0 Å². The van der Waals surface area contributed by atoms with Gasteiger partial charge in [-0.25, -0.2) is 4.79 Å². The quantitative estimate of drug-likeness (QED) is 0.816. The second-order valence-electron chi connectivity index (χ2n) is 4.96. The molecule has 1 amide bonds. The molecule has 0 aliphatic carbocycles. The van der Waals surface area contributed by atoms with E-state index in [0.717, 1.165) is 0 Å². The number of halogens is 2. The Hall–Kier alpha value is -2.96. The maximum absolute atomic E-state index is 12.1. The summed E-state index contributed by atoms with van der Waals surface area (Å²) in [6.45, 7) is -2.92. The largest absolute Gasteiger partial charge is 0.480 e. The molecule has 0 spiro atoms. The Morgan fingerprint density at radius 2 is 1.67 bits per heavy atom. The third-order valence-corrected chi connectivity index (χ3v) is 3.23. The first-order chi connectivity index (χ1) is 11.5. The van der Waals surface area contributed by atoms with Crippen LogP contribution in [0.2, 0.25) is 0 Å². The Kier molecular flexibility index (Phi) is 5.83. The lowest BCUT2D eigenvalue weighted by molar-refractivity contribution is -0.139. The van der Waals surface area contributed by atoms with Crippen molar-refractivity contribution in [2.24, 2.45) is 0 Å². The van der Waals surface area contributed by atoms with E-state index < -0.39 is 24.5 Å². The number of ether oxygens (including phenoxy) is 1. The van der Waals surface area contributed by atoms with E-state index in [9.17, 15) is 23.5 Å². The van der Waals surface area contributed by atoms with Gasteiger partial charge in [0.1, 0.15) is 11.8 Å². The first-order valence-electron chi connectivity index (χ1n) is 7.08. The molecule has 0 aromatic heterocycles. The summed E-state index contributed by atoms with van der Waals surface area (Å²) in [6.07, 6.45) is 0.0167. The molecular weight excluding hydrogens is 320 g/mol. The van der Waals surface area contributed by atoms with Gasteiger partial charge in [-0.05, 0) is 29.8 Å². The van der Waals surface area contributed by atoms with E-state index in [4.69, 9.17) is 0 Å². The number of carbonyl (C=O) groups excluding carboxylic acids is 1. The van der Waals surface area contributed by atoms with Crippen molar-refractivity contribution in [3.8, 4) is 5.75 Å². The number of nitrogens with one attached hydrogen (secondary N) is 1. The van der Waals surface area contributed by atoms with Crippen LogP contribution in [-0.2, 0) is 11.2 Å². The lowest BCUT2D eigenvalue weighted by atomic mass is 10.1. The molecule has 0 heterocycles. The van der Waals surface area contributed by atoms with Gasteiger partial charge in [0.25, 0.3) is 5.91 Å². The van der Waals surface area contributed by atoms with Crippen LogP contribution in [0, 0.1) is 0 Å². The van der Waals surface area contributed by atoms with E-state index in [1.54, 1.807) is 30.3 Å². The highest BCUT2D eigenvalue weighted by molar-refractivity contribution is 5.96. The van der Waals surface area contributed by atoms with E-state index in [1.807, 2.05) is 0 Å². The summed E-state index contributed by atoms with van der Waals surface area (Å²) in [5, 5.41) is 11.7. The molecule has 0 aliphatic rings. The Morgan fingerprint density at radius 1 is 1.04 bits per heavy atom. The number of benzene rings is 2. The van der Waals surface area contributed by atoms with Gasteiger partial charge in [0, 0.05) is 12.0 Å². The van der Waals surface area contributed by atoms with Crippen LogP contribution < -0.4 is 10.1 Å². The van der Waals surface area contributed by atoms with Crippen molar-refractivity contribution in [1.29, 1.82) is 0 Å². The minimum atomic E-state index is -2.92. The Morgan fingerprint density at radius 3 is 2.21 bits per heavy atom. The van der Waals surface area contributed by atoms with Gasteiger partial charge in [0.2, 0.25) is 0 Å². The highest BCUT2D eigenvalue weighted by atomic mass is 19.3. The fourth-order valence-electron chi connectivity index (χ4n) is 2.07. The number of rotatable bonds is 7. The maximum Gasteiger partial charge on any atom is 0.387 e. The van der Waals surface area contributed by atoms with Crippen LogP contribution >= 0.6 is 0 Å². The molecule has 7 heteroatoms. The molecule has 0 unspecified atom stereocenters. The van der Waals surface area contributed by atoms with E-state index in [0.29, 0.717) is 11.1 Å². The Labute approximate surface area is 136 Å². The second kappa shape index (κ2) is 8.05. The first kappa shape index (κ1) is 17.4. The SMILES string of the molecule is O=C(N[C@@H](Cc1ccc(OC(F)F)cc1)C(=O)O)c1ccccc1. The molecular formula is C17H15F2NO4. The monoisotopic (exact) mass is 335 g/mol. The maximum atomic E-state index is 12.1. The highest BCUT2D eigenvalue weighted by Gasteiger charge is 2.21. The van der Waals surface area contributed by atoms with Crippen molar-refractivity contribution >= 4 is 11.9 Å². The molecule has 2 rings (SSSR count). The molecule has 5 nitrogen and oxygen atoms in total. The van der Waals surface area contributed by atoms with Crippen LogP contribution in [0.5, 0.6) is 5.75 Å². The Bertz CT molecular complexity index is 689. The molecule has 2 N–H and O–H groups in total. The number of carboxylic acid groups (broad SMARTS) is 1. The van der Waals surface area contributed by atoms with Gasteiger partial charge in [0.15, 0.2) is 0 Å². The third-order valence-electron chi connectivity index (χ3n) is 3.23. The lowest BCUT2D eigenvalue weighted by Gasteiger charge is -2.15. The normalized spacial score (nSPS) is 11.8. The molecule has 1 atom stereocenters. The van der Waals surface area contributed by atoms with Crippen molar-refractivity contribution in [2.75, 3.05) is 0 Å². The van der Waals surface area contributed by atoms with Crippen LogP contribution in [0.25, 0.3) is 0 Å². The average Bonchev–Trinajstić information content (AvgIpc) is 2.56. The minimum absolute atomic E-state index is 0.0167. The number of carboxylic acids is 1. The van der Waals surface area contributed by atoms with Crippen molar-refractivity contribution in [1.82, 2.24) is 5.32 Å². The van der Waals surface area contributed by atoms with Crippen molar-refractivity contribution < 1.29 is 28.2 Å². The fourth-order valence-corrected chi connectivity index (χ4v) is 2.07. The zero-order valence-electron chi connectivity index (χ0n) is 12.5.